The zero-order chi connectivity index (χ0) is 24.7. The van der Waals surface area contributed by atoms with E-state index in [1.54, 1.807) is 13.2 Å². The molecule has 0 radical (unpaired) electrons. The monoisotopic (exact) mass is 471 g/mol. The maximum atomic E-state index is 13.3. The summed E-state index contributed by atoms with van der Waals surface area (Å²) in [5.74, 6) is 0.385. The standard InChI is InChI=1S/C26H37N3O5/c1-6-29(20-7-9-33-10-8-20)24-15-21(34-12-11-32-5)14-22(19(24)4)25(30)27-16-23-17(2)13-18(3)28-26(23)31/h13-15,20H,6-12,16H2,1-5H3,(H,27,30)(H,28,31). The summed E-state index contributed by atoms with van der Waals surface area (Å²) in [6.07, 6.45) is 1.89. The number of aromatic amines is 1. The molecule has 1 amide bonds. The van der Waals surface area contributed by atoms with Gasteiger partial charge in [0.2, 0.25) is 0 Å². The Balaban J connectivity index is 1.91. The third-order valence-corrected chi connectivity index (χ3v) is 6.36. The lowest BCUT2D eigenvalue weighted by atomic mass is 10.0. The molecule has 0 bridgehead atoms. The minimum atomic E-state index is -0.238. The van der Waals surface area contributed by atoms with Crippen LogP contribution in [0.5, 0.6) is 5.75 Å². The van der Waals surface area contributed by atoms with Gasteiger partial charge in [-0.25, -0.2) is 0 Å². The maximum absolute atomic E-state index is 13.3. The number of carbonyl (C=O) groups is 1. The Morgan fingerprint density at radius 1 is 1.18 bits per heavy atom. The third kappa shape index (κ3) is 6.18. The van der Waals surface area contributed by atoms with Crippen molar-refractivity contribution in [1.29, 1.82) is 0 Å². The zero-order valence-corrected chi connectivity index (χ0v) is 21.0. The Morgan fingerprint density at radius 2 is 1.91 bits per heavy atom. The highest BCUT2D eigenvalue weighted by molar-refractivity contribution is 5.97. The number of hydrogen-bond donors (Lipinski definition) is 2. The van der Waals surface area contributed by atoms with Crippen molar-refractivity contribution in [1.82, 2.24) is 10.3 Å². The molecule has 186 valence electrons. The first-order valence-electron chi connectivity index (χ1n) is 11.9. The Labute approximate surface area is 201 Å². The first kappa shape index (κ1) is 25.8. The summed E-state index contributed by atoms with van der Waals surface area (Å²) in [6, 6.07) is 6.03. The van der Waals surface area contributed by atoms with Gasteiger partial charge >= 0.3 is 0 Å². The summed E-state index contributed by atoms with van der Waals surface area (Å²) < 4.78 is 16.6. The van der Waals surface area contributed by atoms with Gasteiger partial charge in [-0.15, -0.1) is 0 Å². The second-order valence-corrected chi connectivity index (χ2v) is 8.71. The molecule has 2 N–H and O–H groups in total. The van der Waals surface area contributed by atoms with Crippen LogP contribution in [0.2, 0.25) is 0 Å². The average Bonchev–Trinajstić information content (AvgIpc) is 2.81. The first-order chi connectivity index (χ1) is 16.3. The molecule has 2 aromatic rings. The Kier molecular flexibility index (Phi) is 9.12. The number of aryl methyl sites for hydroxylation is 2. The molecule has 0 saturated carbocycles. The van der Waals surface area contributed by atoms with Crippen molar-refractivity contribution in [3.05, 3.63) is 56.5 Å². The van der Waals surface area contributed by atoms with E-state index in [2.05, 4.69) is 22.1 Å². The van der Waals surface area contributed by atoms with Gasteiger partial charge in [-0.2, -0.15) is 0 Å². The van der Waals surface area contributed by atoms with Crippen molar-refractivity contribution >= 4 is 11.6 Å². The molecule has 2 heterocycles. The van der Waals surface area contributed by atoms with Crippen LogP contribution in [0.15, 0.2) is 23.0 Å². The average molecular weight is 472 g/mol. The minimum Gasteiger partial charge on any atom is -0.491 e. The number of H-pyrrole nitrogens is 1. The molecule has 8 nitrogen and oxygen atoms in total. The molecule has 1 fully saturated rings. The predicted octanol–water partition coefficient (Wildman–Crippen LogP) is 3.26. The smallest absolute Gasteiger partial charge is 0.253 e. The van der Waals surface area contributed by atoms with Crippen LogP contribution in [0.25, 0.3) is 0 Å². The van der Waals surface area contributed by atoms with Crippen molar-refractivity contribution in [3.8, 4) is 5.75 Å². The van der Waals surface area contributed by atoms with Crippen molar-refractivity contribution in [2.75, 3.05) is 45.0 Å². The number of aromatic nitrogens is 1. The van der Waals surface area contributed by atoms with Gasteiger partial charge in [0.25, 0.3) is 11.5 Å². The van der Waals surface area contributed by atoms with Crippen molar-refractivity contribution in [3.63, 3.8) is 0 Å². The zero-order valence-electron chi connectivity index (χ0n) is 21.0. The van der Waals surface area contributed by atoms with Gasteiger partial charge in [0.15, 0.2) is 0 Å². The number of pyridine rings is 1. The fourth-order valence-corrected chi connectivity index (χ4v) is 4.52. The molecule has 0 spiro atoms. The summed E-state index contributed by atoms with van der Waals surface area (Å²) in [4.78, 5) is 30.8. The highest BCUT2D eigenvalue weighted by atomic mass is 16.5. The SMILES string of the molecule is CCN(c1cc(OCCOC)cc(C(=O)NCc2c(C)cc(C)[nH]c2=O)c1C)C1CCOCC1. The maximum Gasteiger partial charge on any atom is 0.253 e. The molecule has 1 aromatic carbocycles. The van der Waals surface area contributed by atoms with E-state index in [0.29, 0.717) is 36.1 Å². The number of carbonyl (C=O) groups excluding carboxylic acids is 1. The molecule has 1 aliphatic rings. The summed E-state index contributed by atoms with van der Waals surface area (Å²) in [6.45, 7) is 11.1. The second kappa shape index (κ2) is 12.0. The van der Waals surface area contributed by atoms with Gasteiger partial charge in [-0.05, 0) is 63.8 Å². The van der Waals surface area contributed by atoms with Crippen LogP contribution in [-0.4, -0.2) is 57.0 Å². The molecule has 0 atom stereocenters. The summed E-state index contributed by atoms with van der Waals surface area (Å²) >= 11 is 0. The lowest BCUT2D eigenvalue weighted by Gasteiger charge is -2.36. The number of ether oxygens (including phenoxy) is 3. The van der Waals surface area contributed by atoms with Crippen LogP contribution in [0.3, 0.4) is 0 Å². The molecule has 1 aromatic heterocycles. The number of methoxy groups -OCH3 is 1. The van der Waals surface area contributed by atoms with E-state index in [1.165, 1.54) is 0 Å². The van der Waals surface area contributed by atoms with E-state index in [1.807, 2.05) is 32.9 Å². The Bertz CT molecular complexity index is 1040. The molecule has 8 heteroatoms. The normalized spacial score (nSPS) is 14.1. The van der Waals surface area contributed by atoms with Crippen molar-refractivity contribution < 1.29 is 19.0 Å². The number of nitrogens with zero attached hydrogens (tertiary/aromatic N) is 1. The van der Waals surface area contributed by atoms with Gasteiger partial charge in [-0.1, -0.05) is 0 Å². The van der Waals surface area contributed by atoms with Crippen molar-refractivity contribution in [2.24, 2.45) is 0 Å². The van der Waals surface area contributed by atoms with Crippen LogP contribution < -0.4 is 20.5 Å². The van der Waals surface area contributed by atoms with Crippen LogP contribution in [-0.2, 0) is 16.0 Å². The molecule has 1 aliphatic heterocycles. The number of anilines is 1. The fourth-order valence-electron chi connectivity index (χ4n) is 4.52. The summed E-state index contributed by atoms with van der Waals surface area (Å²) in [7, 11) is 1.63. The van der Waals surface area contributed by atoms with Gasteiger partial charge in [0, 0.05) is 68.0 Å². The predicted molar refractivity (Wildman–Crippen MR) is 133 cm³/mol. The lowest BCUT2D eigenvalue weighted by Crippen LogP contribution is -2.40. The number of benzene rings is 1. The number of nitrogens with one attached hydrogen (secondary N) is 2. The number of hydrogen-bond acceptors (Lipinski definition) is 6. The van der Waals surface area contributed by atoms with Crippen molar-refractivity contribution in [2.45, 2.75) is 53.1 Å². The van der Waals surface area contributed by atoms with E-state index in [4.69, 9.17) is 14.2 Å². The molecule has 0 unspecified atom stereocenters. The molecule has 34 heavy (non-hydrogen) atoms. The highest BCUT2D eigenvalue weighted by Crippen LogP contribution is 2.32. The van der Waals surface area contributed by atoms with Crippen LogP contribution in [0.1, 0.15) is 52.5 Å². The summed E-state index contributed by atoms with van der Waals surface area (Å²) in [5.41, 5.74) is 4.44. The molecular weight excluding hydrogens is 434 g/mol. The quantitative estimate of drug-likeness (QED) is 0.517. The van der Waals surface area contributed by atoms with Crippen LogP contribution >= 0.6 is 0 Å². The van der Waals surface area contributed by atoms with Gasteiger partial charge < -0.3 is 29.4 Å². The van der Waals surface area contributed by atoms with Gasteiger partial charge in [-0.3, -0.25) is 9.59 Å². The minimum absolute atomic E-state index is 0.154. The first-order valence-corrected chi connectivity index (χ1v) is 11.9. The van der Waals surface area contributed by atoms with Crippen LogP contribution in [0, 0.1) is 20.8 Å². The topological polar surface area (TPSA) is 92.9 Å². The number of amides is 1. The van der Waals surface area contributed by atoms with E-state index >= 15 is 0 Å². The Hall–Kier alpha value is -2.84. The summed E-state index contributed by atoms with van der Waals surface area (Å²) in [5, 5.41) is 2.94. The molecule has 1 saturated heterocycles. The number of rotatable bonds is 10. The van der Waals surface area contributed by atoms with E-state index in [9.17, 15) is 9.59 Å². The molecule has 0 aliphatic carbocycles. The Morgan fingerprint density at radius 3 is 2.56 bits per heavy atom. The van der Waals surface area contributed by atoms with Gasteiger partial charge in [0.1, 0.15) is 12.4 Å². The lowest BCUT2D eigenvalue weighted by molar-refractivity contribution is 0.0845. The van der Waals surface area contributed by atoms with Crippen LogP contribution in [0.4, 0.5) is 5.69 Å². The van der Waals surface area contributed by atoms with E-state index in [-0.39, 0.29) is 18.0 Å². The van der Waals surface area contributed by atoms with E-state index in [0.717, 1.165) is 55.1 Å². The third-order valence-electron chi connectivity index (χ3n) is 6.36. The van der Waals surface area contributed by atoms with Gasteiger partial charge in [0.05, 0.1) is 6.61 Å². The largest absolute Gasteiger partial charge is 0.491 e. The van der Waals surface area contributed by atoms with E-state index < -0.39 is 0 Å². The second-order valence-electron chi connectivity index (χ2n) is 8.71. The highest BCUT2D eigenvalue weighted by Gasteiger charge is 2.25. The fraction of sp³-hybridized carbons (Fsp3) is 0.538. The molecular formula is C26H37N3O5. The molecule has 3 rings (SSSR count).